The molecule has 172 valence electrons. The van der Waals surface area contributed by atoms with Crippen molar-refractivity contribution in [1.82, 2.24) is 19.7 Å². The summed E-state index contributed by atoms with van der Waals surface area (Å²) >= 11 is 0. The van der Waals surface area contributed by atoms with Crippen LogP contribution in [0, 0.1) is 0 Å². The van der Waals surface area contributed by atoms with Crippen molar-refractivity contribution in [3.05, 3.63) is 87.1 Å². The van der Waals surface area contributed by atoms with E-state index in [0.717, 1.165) is 17.7 Å². The SMILES string of the molecule is COc1ccc(Cc2nc3c(c(CF)nn3[C@@H](C)c3ccc(C(F)(F)F)cc3)c(=O)[nH]2)cc1. The van der Waals surface area contributed by atoms with Gasteiger partial charge in [-0.05, 0) is 42.3 Å². The van der Waals surface area contributed by atoms with Crippen LogP contribution < -0.4 is 10.3 Å². The van der Waals surface area contributed by atoms with E-state index in [1.54, 1.807) is 26.2 Å². The maximum atomic E-state index is 13.6. The van der Waals surface area contributed by atoms with Crippen molar-refractivity contribution >= 4 is 11.0 Å². The molecule has 0 saturated heterocycles. The summed E-state index contributed by atoms with van der Waals surface area (Å²) in [4.78, 5) is 19.9. The molecule has 0 fully saturated rings. The van der Waals surface area contributed by atoms with Crippen LogP contribution in [0.15, 0.2) is 53.3 Å². The molecule has 0 aliphatic carbocycles. The molecule has 4 rings (SSSR count). The molecule has 6 nitrogen and oxygen atoms in total. The van der Waals surface area contributed by atoms with Gasteiger partial charge in [-0.25, -0.2) is 14.1 Å². The van der Waals surface area contributed by atoms with Gasteiger partial charge in [0.2, 0.25) is 0 Å². The summed E-state index contributed by atoms with van der Waals surface area (Å²) < 4.78 is 58.8. The summed E-state index contributed by atoms with van der Waals surface area (Å²) in [5, 5.41) is 4.23. The summed E-state index contributed by atoms with van der Waals surface area (Å²) in [6.45, 7) is 0.717. The number of nitrogens with zero attached hydrogens (tertiary/aromatic N) is 3. The molecule has 1 atom stereocenters. The zero-order chi connectivity index (χ0) is 23.8. The molecule has 0 spiro atoms. The number of hydrogen-bond donors (Lipinski definition) is 1. The first-order valence-electron chi connectivity index (χ1n) is 10.1. The van der Waals surface area contributed by atoms with Crippen molar-refractivity contribution in [3.8, 4) is 5.75 Å². The lowest BCUT2D eigenvalue weighted by Gasteiger charge is -2.15. The first-order valence-corrected chi connectivity index (χ1v) is 10.1. The average molecular weight is 460 g/mol. The zero-order valence-corrected chi connectivity index (χ0v) is 17.8. The fourth-order valence-electron chi connectivity index (χ4n) is 3.64. The summed E-state index contributed by atoms with van der Waals surface area (Å²) in [5.41, 5.74) is 0.171. The van der Waals surface area contributed by atoms with Gasteiger partial charge in [0.25, 0.3) is 5.56 Å². The van der Waals surface area contributed by atoms with E-state index in [1.165, 1.54) is 16.8 Å². The third-order valence-corrected chi connectivity index (χ3v) is 5.43. The minimum atomic E-state index is -4.45. The quantitative estimate of drug-likeness (QED) is 0.419. The van der Waals surface area contributed by atoms with E-state index in [0.29, 0.717) is 23.6 Å². The molecule has 33 heavy (non-hydrogen) atoms. The molecule has 2 heterocycles. The van der Waals surface area contributed by atoms with Crippen molar-refractivity contribution in [2.45, 2.75) is 32.2 Å². The van der Waals surface area contributed by atoms with E-state index in [4.69, 9.17) is 4.74 Å². The van der Waals surface area contributed by atoms with Crippen molar-refractivity contribution in [3.63, 3.8) is 0 Å². The molecule has 0 saturated carbocycles. The molecular formula is C23H20F4N4O2. The summed E-state index contributed by atoms with van der Waals surface area (Å²) in [6, 6.07) is 11.3. The van der Waals surface area contributed by atoms with Crippen LogP contribution in [0.3, 0.4) is 0 Å². The molecule has 2 aromatic carbocycles. The largest absolute Gasteiger partial charge is 0.497 e. The van der Waals surface area contributed by atoms with Crippen LogP contribution in [0.2, 0.25) is 0 Å². The molecule has 0 bridgehead atoms. The number of hydrogen-bond acceptors (Lipinski definition) is 4. The van der Waals surface area contributed by atoms with Crippen LogP contribution >= 0.6 is 0 Å². The first kappa shape index (κ1) is 22.5. The number of halogens is 4. The van der Waals surface area contributed by atoms with Gasteiger partial charge in [-0.15, -0.1) is 0 Å². The Balaban J connectivity index is 1.75. The van der Waals surface area contributed by atoms with E-state index in [-0.39, 0.29) is 16.7 Å². The van der Waals surface area contributed by atoms with Crippen LogP contribution in [0.25, 0.3) is 11.0 Å². The highest BCUT2D eigenvalue weighted by molar-refractivity contribution is 5.77. The predicted octanol–water partition coefficient (Wildman–Crippen LogP) is 4.82. The number of fused-ring (bicyclic) bond motifs is 1. The van der Waals surface area contributed by atoms with Gasteiger partial charge >= 0.3 is 6.18 Å². The summed E-state index contributed by atoms with van der Waals surface area (Å²) in [7, 11) is 1.56. The molecule has 0 aliphatic heterocycles. The number of ether oxygens (including phenoxy) is 1. The summed E-state index contributed by atoms with van der Waals surface area (Å²) in [6.07, 6.45) is -4.15. The Morgan fingerprint density at radius 2 is 1.76 bits per heavy atom. The van der Waals surface area contributed by atoms with E-state index < -0.39 is 30.0 Å². The molecule has 0 unspecified atom stereocenters. The Kier molecular flexibility index (Phi) is 5.92. The number of benzene rings is 2. The van der Waals surface area contributed by atoms with Gasteiger partial charge in [0.1, 0.15) is 29.3 Å². The van der Waals surface area contributed by atoms with Gasteiger partial charge in [0.05, 0.1) is 18.7 Å². The van der Waals surface area contributed by atoms with Crippen LogP contribution in [0.1, 0.15) is 41.2 Å². The van der Waals surface area contributed by atoms with Crippen LogP contribution in [-0.4, -0.2) is 26.9 Å². The van der Waals surface area contributed by atoms with Gasteiger partial charge in [0.15, 0.2) is 5.65 Å². The third kappa shape index (κ3) is 4.46. The molecule has 0 radical (unpaired) electrons. The maximum Gasteiger partial charge on any atom is 0.416 e. The number of methoxy groups -OCH3 is 1. The Hall–Kier alpha value is -3.69. The van der Waals surface area contributed by atoms with E-state index in [1.807, 2.05) is 12.1 Å². The Morgan fingerprint density at radius 1 is 1.09 bits per heavy atom. The third-order valence-electron chi connectivity index (χ3n) is 5.43. The minimum Gasteiger partial charge on any atom is -0.497 e. The fourth-order valence-corrected chi connectivity index (χ4v) is 3.64. The molecule has 10 heteroatoms. The Bertz CT molecular complexity index is 1330. The number of rotatable bonds is 6. The van der Waals surface area contributed by atoms with Gasteiger partial charge < -0.3 is 9.72 Å². The second kappa shape index (κ2) is 8.68. The second-order valence-electron chi connectivity index (χ2n) is 7.56. The van der Waals surface area contributed by atoms with Gasteiger partial charge in [-0.3, -0.25) is 4.79 Å². The van der Waals surface area contributed by atoms with E-state index in [9.17, 15) is 22.4 Å². The second-order valence-corrected chi connectivity index (χ2v) is 7.56. The number of aromatic nitrogens is 4. The molecule has 2 aromatic heterocycles. The standard InChI is InChI=1S/C23H20F4N4O2/c1-13(15-5-7-16(8-6-15)23(25,26)27)31-21-20(18(12-24)30-31)22(32)29-19(28-21)11-14-3-9-17(33-2)10-4-14/h3-10,13H,11-12H2,1-2H3,(H,28,29,32)/t13-/m0/s1. The highest BCUT2D eigenvalue weighted by atomic mass is 19.4. The Morgan fingerprint density at radius 3 is 2.33 bits per heavy atom. The molecule has 1 N–H and O–H groups in total. The predicted molar refractivity (Wildman–Crippen MR) is 114 cm³/mol. The van der Waals surface area contributed by atoms with Crippen molar-refractivity contribution in [1.29, 1.82) is 0 Å². The minimum absolute atomic E-state index is 0.0229. The first-order chi connectivity index (χ1) is 15.7. The smallest absolute Gasteiger partial charge is 0.416 e. The van der Waals surface area contributed by atoms with Gasteiger partial charge in [-0.1, -0.05) is 24.3 Å². The van der Waals surface area contributed by atoms with Crippen molar-refractivity contribution in [2.24, 2.45) is 0 Å². The normalized spacial score (nSPS) is 12.8. The number of aromatic amines is 1. The zero-order valence-electron chi connectivity index (χ0n) is 17.8. The van der Waals surface area contributed by atoms with E-state index >= 15 is 0 Å². The maximum absolute atomic E-state index is 13.6. The van der Waals surface area contributed by atoms with Gasteiger partial charge in [0, 0.05) is 6.42 Å². The fraction of sp³-hybridized carbons (Fsp3) is 0.261. The topological polar surface area (TPSA) is 72.8 Å². The lowest BCUT2D eigenvalue weighted by Crippen LogP contribution is -2.15. The lowest BCUT2D eigenvalue weighted by molar-refractivity contribution is -0.137. The number of alkyl halides is 4. The molecule has 4 aromatic rings. The molecule has 0 amide bonds. The highest BCUT2D eigenvalue weighted by Gasteiger charge is 2.30. The Labute approximate surface area is 185 Å². The van der Waals surface area contributed by atoms with Crippen LogP contribution in [0.4, 0.5) is 17.6 Å². The average Bonchev–Trinajstić information content (AvgIpc) is 3.18. The number of nitrogens with one attached hydrogen (secondary N) is 1. The monoisotopic (exact) mass is 460 g/mol. The van der Waals surface area contributed by atoms with Gasteiger partial charge in [-0.2, -0.15) is 18.3 Å². The van der Waals surface area contributed by atoms with E-state index in [2.05, 4.69) is 15.1 Å². The van der Waals surface area contributed by atoms with Crippen LogP contribution in [-0.2, 0) is 19.3 Å². The molecule has 0 aliphatic rings. The van der Waals surface area contributed by atoms with Crippen LogP contribution in [0.5, 0.6) is 5.75 Å². The molecular weight excluding hydrogens is 440 g/mol. The number of H-pyrrole nitrogens is 1. The van der Waals surface area contributed by atoms with Crippen molar-refractivity contribution < 1.29 is 22.3 Å². The highest BCUT2D eigenvalue weighted by Crippen LogP contribution is 2.31. The summed E-state index contributed by atoms with van der Waals surface area (Å²) in [5.74, 6) is 1.04. The lowest BCUT2D eigenvalue weighted by atomic mass is 10.1. The van der Waals surface area contributed by atoms with Crippen molar-refractivity contribution in [2.75, 3.05) is 7.11 Å².